The van der Waals surface area contributed by atoms with Crippen molar-refractivity contribution in [3.05, 3.63) is 0 Å². The minimum absolute atomic E-state index is 0.542. The van der Waals surface area contributed by atoms with E-state index >= 15 is 0 Å². The monoisotopic (exact) mass is 227 g/mol. The van der Waals surface area contributed by atoms with Crippen LogP contribution in [0, 0.1) is 5.92 Å². The lowest BCUT2D eigenvalue weighted by molar-refractivity contribution is 0.00399. The molecule has 0 aromatic rings. The fraction of sp³-hybridized carbons (Fsp3) is 1.00. The maximum Gasteiger partial charge on any atom is 0.0599 e. The normalized spacial score (nSPS) is 19.5. The molecule has 1 aliphatic heterocycles. The van der Waals surface area contributed by atoms with Crippen molar-refractivity contribution in [2.75, 3.05) is 26.2 Å². The van der Waals surface area contributed by atoms with Crippen LogP contribution in [0.3, 0.4) is 0 Å². The summed E-state index contributed by atoms with van der Waals surface area (Å²) in [5, 5.41) is 0. The van der Waals surface area contributed by atoms with Crippen LogP contribution in [0.4, 0.5) is 0 Å². The van der Waals surface area contributed by atoms with Gasteiger partial charge in [0.25, 0.3) is 0 Å². The van der Waals surface area contributed by atoms with Gasteiger partial charge in [0.2, 0.25) is 0 Å². The Hall–Kier alpha value is -0.0800. The third-order valence-corrected chi connectivity index (χ3v) is 3.26. The smallest absolute Gasteiger partial charge is 0.0599 e. The largest absolute Gasteiger partial charge is 0.378 e. The Morgan fingerprint density at radius 1 is 1.19 bits per heavy atom. The maximum atomic E-state index is 5.91. The summed E-state index contributed by atoms with van der Waals surface area (Å²) in [5.74, 6) is 0.794. The van der Waals surface area contributed by atoms with Crippen molar-refractivity contribution >= 4 is 0 Å². The molecule has 1 saturated heterocycles. The highest BCUT2D eigenvalue weighted by Crippen LogP contribution is 2.15. The second-order valence-corrected chi connectivity index (χ2v) is 5.47. The molecule has 0 atom stereocenters. The van der Waals surface area contributed by atoms with Crippen molar-refractivity contribution in [2.24, 2.45) is 5.92 Å². The molecule has 2 nitrogen and oxygen atoms in total. The molecule has 0 aromatic heterocycles. The molecule has 1 aliphatic rings. The first-order valence-electron chi connectivity index (χ1n) is 7.06. The number of piperidine rings is 1. The molecule has 1 fully saturated rings. The van der Waals surface area contributed by atoms with E-state index in [-0.39, 0.29) is 0 Å². The van der Waals surface area contributed by atoms with E-state index in [2.05, 4.69) is 25.7 Å². The highest BCUT2D eigenvalue weighted by molar-refractivity contribution is 4.73. The molecular weight excluding hydrogens is 198 g/mol. The minimum atomic E-state index is 0.542. The number of likely N-dealkylation sites (tertiary alicyclic amines) is 1. The Kier molecular flexibility index (Phi) is 7.06. The van der Waals surface area contributed by atoms with Gasteiger partial charge in [-0.2, -0.15) is 0 Å². The first-order valence-corrected chi connectivity index (χ1v) is 7.06. The van der Waals surface area contributed by atoms with E-state index in [0.717, 1.165) is 12.5 Å². The molecule has 0 aliphatic carbocycles. The van der Waals surface area contributed by atoms with E-state index in [1.165, 1.54) is 51.7 Å². The van der Waals surface area contributed by atoms with E-state index in [0.29, 0.717) is 6.10 Å². The van der Waals surface area contributed by atoms with Crippen LogP contribution >= 0.6 is 0 Å². The number of ether oxygens (including phenoxy) is 1. The van der Waals surface area contributed by atoms with Crippen LogP contribution < -0.4 is 0 Å². The van der Waals surface area contributed by atoms with Crippen LogP contribution in [-0.4, -0.2) is 37.2 Å². The van der Waals surface area contributed by atoms with Gasteiger partial charge in [-0.3, -0.25) is 0 Å². The quantitative estimate of drug-likeness (QED) is 0.619. The van der Waals surface area contributed by atoms with Gasteiger partial charge in [-0.15, -0.1) is 0 Å². The SMILES string of the molecule is CCCCCOC1CCN(CC(C)C)CC1. The van der Waals surface area contributed by atoms with Crippen molar-refractivity contribution in [1.82, 2.24) is 4.90 Å². The van der Waals surface area contributed by atoms with Gasteiger partial charge in [0.05, 0.1) is 6.10 Å². The van der Waals surface area contributed by atoms with Crippen molar-refractivity contribution in [1.29, 1.82) is 0 Å². The molecule has 0 amide bonds. The van der Waals surface area contributed by atoms with E-state index in [4.69, 9.17) is 4.74 Å². The first-order chi connectivity index (χ1) is 7.72. The topological polar surface area (TPSA) is 12.5 Å². The summed E-state index contributed by atoms with van der Waals surface area (Å²) in [4.78, 5) is 2.58. The zero-order chi connectivity index (χ0) is 11.8. The highest BCUT2D eigenvalue weighted by atomic mass is 16.5. The van der Waals surface area contributed by atoms with Gasteiger partial charge in [0.15, 0.2) is 0 Å². The molecule has 96 valence electrons. The summed E-state index contributed by atoms with van der Waals surface area (Å²) in [7, 11) is 0. The lowest BCUT2D eigenvalue weighted by atomic mass is 10.1. The van der Waals surface area contributed by atoms with Gasteiger partial charge in [0.1, 0.15) is 0 Å². The predicted molar refractivity (Wildman–Crippen MR) is 69.8 cm³/mol. The summed E-state index contributed by atoms with van der Waals surface area (Å²) in [6, 6.07) is 0. The van der Waals surface area contributed by atoms with Crippen molar-refractivity contribution in [2.45, 2.75) is 59.0 Å². The average Bonchev–Trinajstić information content (AvgIpc) is 2.26. The van der Waals surface area contributed by atoms with Crippen LogP contribution in [0.2, 0.25) is 0 Å². The van der Waals surface area contributed by atoms with Crippen molar-refractivity contribution < 1.29 is 4.74 Å². The molecule has 1 heterocycles. The van der Waals surface area contributed by atoms with Crippen molar-refractivity contribution in [3.8, 4) is 0 Å². The van der Waals surface area contributed by atoms with Crippen LogP contribution in [-0.2, 0) is 4.74 Å². The maximum absolute atomic E-state index is 5.91. The second-order valence-electron chi connectivity index (χ2n) is 5.47. The summed E-state index contributed by atoms with van der Waals surface area (Å²) in [6.45, 7) is 11.5. The molecule has 2 heteroatoms. The molecule has 0 unspecified atom stereocenters. The molecule has 16 heavy (non-hydrogen) atoms. The molecule has 0 spiro atoms. The standard InChI is InChI=1S/C14H29NO/c1-4-5-6-11-16-14-7-9-15(10-8-14)12-13(2)3/h13-14H,4-12H2,1-3H3. The fourth-order valence-corrected chi connectivity index (χ4v) is 2.38. The zero-order valence-electron chi connectivity index (χ0n) is 11.4. The summed E-state index contributed by atoms with van der Waals surface area (Å²) < 4.78 is 5.91. The van der Waals surface area contributed by atoms with Gasteiger partial charge < -0.3 is 9.64 Å². The van der Waals surface area contributed by atoms with Crippen LogP contribution in [0.25, 0.3) is 0 Å². The second kappa shape index (κ2) is 8.08. The minimum Gasteiger partial charge on any atom is -0.378 e. The highest BCUT2D eigenvalue weighted by Gasteiger charge is 2.19. The Bertz CT molecular complexity index is 162. The molecule has 0 saturated carbocycles. The van der Waals surface area contributed by atoms with Gasteiger partial charge >= 0.3 is 0 Å². The van der Waals surface area contributed by atoms with E-state index in [9.17, 15) is 0 Å². The molecule has 0 bridgehead atoms. The van der Waals surface area contributed by atoms with E-state index in [1.807, 2.05) is 0 Å². The fourth-order valence-electron chi connectivity index (χ4n) is 2.38. The summed E-state index contributed by atoms with van der Waals surface area (Å²) in [6.07, 6.45) is 6.85. The Labute approximate surface area is 101 Å². The molecule has 0 aromatic carbocycles. The van der Waals surface area contributed by atoms with Crippen LogP contribution in [0.15, 0.2) is 0 Å². The molecule has 0 radical (unpaired) electrons. The number of hydrogen-bond donors (Lipinski definition) is 0. The Morgan fingerprint density at radius 2 is 1.88 bits per heavy atom. The Morgan fingerprint density at radius 3 is 2.44 bits per heavy atom. The number of unbranched alkanes of at least 4 members (excludes halogenated alkanes) is 2. The van der Waals surface area contributed by atoms with Gasteiger partial charge in [-0.05, 0) is 25.2 Å². The van der Waals surface area contributed by atoms with Gasteiger partial charge in [0, 0.05) is 26.2 Å². The molecule has 1 rings (SSSR count). The first kappa shape index (κ1) is 14.0. The number of nitrogens with zero attached hydrogens (tertiary/aromatic N) is 1. The molecule has 0 N–H and O–H groups in total. The van der Waals surface area contributed by atoms with Crippen LogP contribution in [0.5, 0.6) is 0 Å². The third-order valence-electron chi connectivity index (χ3n) is 3.26. The van der Waals surface area contributed by atoms with Gasteiger partial charge in [-0.1, -0.05) is 33.6 Å². The molecular formula is C14H29NO. The summed E-state index contributed by atoms with van der Waals surface area (Å²) >= 11 is 0. The number of hydrogen-bond acceptors (Lipinski definition) is 2. The third kappa shape index (κ3) is 5.86. The lowest BCUT2D eigenvalue weighted by Gasteiger charge is -2.32. The predicted octanol–water partition coefficient (Wildman–Crippen LogP) is 3.31. The van der Waals surface area contributed by atoms with Crippen LogP contribution in [0.1, 0.15) is 52.9 Å². The van der Waals surface area contributed by atoms with Crippen molar-refractivity contribution in [3.63, 3.8) is 0 Å². The Balaban J connectivity index is 2.03. The van der Waals surface area contributed by atoms with E-state index in [1.54, 1.807) is 0 Å². The van der Waals surface area contributed by atoms with Gasteiger partial charge in [-0.25, -0.2) is 0 Å². The van der Waals surface area contributed by atoms with E-state index < -0.39 is 0 Å². The lowest BCUT2D eigenvalue weighted by Crippen LogP contribution is -2.39. The summed E-state index contributed by atoms with van der Waals surface area (Å²) in [5.41, 5.74) is 0. The number of rotatable bonds is 7. The average molecular weight is 227 g/mol. The zero-order valence-corrected chi connectivity index (χ0v) is 11.4.